The molecule has 0 radical (unpaired) electrons. The van der Waals surface area contributed by atoms with Gasteiger partial charge < -0.3 is 15.2 Å². The van der Waals surface area contributed by atoms with Crippen LogP contribution in [0.2, 0.25) is 10.0 Å². The number of rotatable bonds is 4. The van der Waals surface area contributed by atoms with Crippen molar-refractivity contribution in [2.45, 2.75) is 24.8 Å². The molecule has 1 spiro atoms. The summed E-state index contributed by atoms with van der Waals surface area (Å²) in [6.45, 7) is 1.88. The van der Waals surface area contributed by atoms with Crippen molar-refractivity contribution in [1.29, 1.82) is 0 Å². The van der Waals surface area contributed by atoms with Crippen molar-refractivity contribution in [3.05, 3.63) is 86.6 Å². The fraction of sp³-hybridized carbons (Fsp3) is 0.222. The number of hydrogen-bond acceptors (Lipinski definition) is 7. The molecule has 0 amide bonds. The third-order valence-electron chi connectivity index (χ3n) is 7.30. The first kappa shape index (κ1) is 23.3. The number of anilines is 2. The van der Waals surface area contributed by atoms with Crippen molar-refractivity contribution in [1.82, 2.24) is 34.6 Å². The number of aromatic nitrogens is 6. The first-order chi connectivity index (χ1) is 18.4. The number of fused-ring (bicyclic) bond motifs is 3. The Morgan fingerprint density at radius 3 is 2.66 bits per heavy atom. The fourth-order valence-electron chi connectivity index (χ4n) is 5.23. The summed E-state index contributed by atoms with van der Waals surface area (Å²) in [5.41, 5.74) is 5.10. The molecule has 2 N–H and O–H groups in total. The molecule has 1 aliphatic heterocycles. The molecule has 2 aliphatic rings. The van der Waals surface area contributed by atoms with E-state index in [9.17, 15) is 4.79 Å². The highest BCUT2D eigenvalue weighted by Crippen LogP contribution is 2.50. The lowest BCUT2D eigenvalue weighted by Crippen LogP contribution is -2.33. The molecule has 9 nitrogen and oxygen atoms in total. The summed E-state index contributed by atoms with van der Waals surface area (Å²) in [6.07, 6.45) is 7.43. The lowest BCUT2D eigenvalue weighted by atomic mass is 9.88. The van der Waals surface area contributed by atoms with Crippen LogP contribution in [0.1, 0.15) is 24.0 Å². The lowest BCUT2D eigenvalue weighted by molar-refractivity contribution is 0.531. The summed E-state index contributed by atoms with van der Waals surface area (Å²) < 4.78 is 2.99. The predicted molar refractivity (Wildman–Crippen MR) is 147 cm³/mol. The van der Waals surface area contributed by atoms with E-state index in [0.717, 1.165) is 18.8 Å². The van der Waals surface area contributed by atoms with Crippen LogP contribution in [0.4, 0.5) is 11.6 Å². The highest BCUT2D eigenvalue weighted by atomic mass is 35.5. The van der Waals surface area contributed by atoms with Gasteiger partial charge in [-0.05, 0) is 48.2 Å². The Morgan fingerprint density at radius 1 is 1.11 bits per heavy atom. The largest absolute Gasteiger partial charge is 0.340 e. The molecule has 1 saturated carbocycles. The third-order valence-corrected chi connectivity index (χ3v) is 7.91. The highest BCUT2D eigenvalue weighted by molar-refractivity contribution is 6.37. The fourth-order valence-corrected chi connectivity index (χ4v) is 5.79. The van der Waals surface area contributed by atoms with E-state index in [1.165, 1.54) is 34.8 Å². The number of nitrogens with zero attached hydrogens (tertiary/aromatic N) is 6. The molecule has 38 heavy (non-hydrogen) atoms. The second-order valence-electron chi connectivity index (χ2n) is 9.90. The Labute approximate surface area is 227 Å². The molecule has 11 heteroatoms. The van der Waals surface area contributed by atoms with Gasteiger partial charge in [-0.15, -0.1) is 0 Å². The minimum absolute atomic E-state index is 0.271. The number of halogens is 2. The number of benzene rings is 2. The standard InChI is InChI=1S/C27H22Cl2N8O/c1-36-12-21(32-14-36)23-22-17(25(38)37(35-23)24-19(28)3-2-4-20(24)29)11-31-26(34-22)33-16-5-6-18-15(9-16)10-30-13-27(18)7-8-27/h2-6,9,11-12,14,30H,7-8,10,13H2,1H3,(H,31,33,34). The van der Waals surface area contributed by atoms with E-state index in [0.29, 0.717) is 44.0 Å². The van der Waals surface area contributed by atoms with Gasteiger partial charge in [-0.3, -0.25) is 4.79 Å². The van der Waals surface area contributed by atoms with Gasteiger partial charge in [0.25, 0.3) is 5.56 Å². The van der Waals surface area contributed by atoms with Crippen molar-refractivity contribution >= 4 is 45.7 Å². The summed E-state index contributed by atoms with van der Waals surface area (Å²) in [5, 5.41) is 12.4. The smallest absolute Gasteiger partial charge is 0.282 e. The van der Waals surface area contributed by atoms with Gasteiger partial charge in [0.15, 0.2) is 0 Å². The maximum atomic E-state index is 13.6. The van der Waals surface area contributed by atoms with Crippen LogP contribution in [0.3, 0.4) is 0 Å². The van der Waals surface area contributed by atoms with E-state index in [4.69, 9.17) is 28.2 Å². The maximum absolute atomic E-state index is 13.6. The molecule has 190 valence electrons. The lowest BCUT2D eigenvalue weighted by Gasteiger charge is -2.26. The van der Waals surface area contributed by atoms with E-state index >= 15 is 0 Å². The average Bonchev–Trinajstić information content (AvgIpc) is 3.54. The van der Waals surface area contributed by atoms with Crippen LogP contribution >= 0.6 is 23.2 Å². The summed E-state index contributed by atoms with van der Waals surface area (Å²) in [4.78, 5) is 27.2. The van der Waals surface area contributed by atoms with Crippen LogP contribution in [-0.4, -0.2) is 35.8 Å². The Kier molecular flexibility index (Phi) is 5.30. The van der Waals surface area contributed by atoms with Crippen molar-refractivity contribution in [2.24, 2.45) is 7.05 Å². The SMILES string of the molecule is Cn1cnc(-c2nn(-c3c(Cl)cccc3Cl)c(=O)c3cnc(Nc4ccc5c(c4)CNCC54CC4)nc23)c1. The summed E-state index contributed by atoms with van der Waals surface area (Å²) in [7, 11) is 1.86. The molecule has 0 saturated heterocycles. The first-order valence-corrected chi connectivity index (χ1v) is 13.0. The molecule has 0 atom stereocenters. The zero-order valence-electron chi connectivity index (χ0n) is 20.4. The van der Waals surface area contributed by atoms with Crippen LogP contribution in [0.25, 0.3) is 28.0 Å². The number of para-hydroxylation sites is 1. The zero-order chi connectivity index (χ0) is 26.0. The van der Waals surface area contributed by atoms with Crippen LogP contribution in [0, 0.1) is 0 Å². The van der Waals surface area contributed by atoms with Crippen LogP contribution < -0.4 is 16.2 Å². The van der Waals surface area contributed by atoms with Crippen LogP contribution in [0.5, 0.6) is 0 Å². The average molecular weight is 545 g/mol. The number of imidazole rings is 1. The Balaban J connectivity index is 1.36. The molecule has 5 aromatic rings. The first-order valence-electron chi connectivity index (χ1n) is 12.3. The summed E-state index contributed by atoms with van der Waals surface area (Å²) in [5.74, 6) is 0.356. The van der Waals surface area contributed by atoms with Gasteiger partial charge in [0, 0.05) is 43.6 Å². The van der Waals surface area contributed by atoms with Crippen LogP contribution in [0.15, 0.2) is 59.9 Å². The van der Waals surface area contributed by atoms with Gasteiger partial charge in [-0.1, -0.05) is 35.3 Å². The van der Waals surface area contributed by atoms with Crippen molar-refractivity contribution in [3.8, 4) is 17.1 Å². The molecule has 3 aromatic heterocycles. The van der Waals surface area contributed by atoms with Gasteiger partial charge >= 0.3 is 0 Å². The summed E-state index contributed by atoms with van der Waals surface area (Å²) in [6, 6.07) is 11.4. The zero-order valence-corrected chi connectivity index (χ0v) is 21.9. The van der Waals surface area contributed by atoms with Gasteiger partial charge in [-0.25, -0.2) is 15.0 Å². The van der Waals surface area contributed by atoms with E-state index in [2.05, 4.69) is 43.9 Å². The van der Waals surface area contributed by atoms with E-state index in [1.807, 2.05) is 13.2 Å². The second kappa shape index (κ2) is 8.62. The second-order valence-corrected chi connectivity index (χ2v) is 10.7. The normalized spacial score (nSPS) is 15.6. The molecule has 0 bridgehead atoms. The molecule has 0 unspecified atom stereocenters. The van der Waals surface area contributed by atoms with Crippen molar-refractivity contribution in [2.75, 3.05) is 11.9 Å². The van der Waals surface area contributed by atoms with Crippen LogP contribution in [-0.2, 0) is 19.0 Å². The van der Waals surface area contributed by atoms with E-state index < -0.39 is 5.56 Å². The molecular weight excluding hydrogens is 523 g/mol. The summed E-state index contributed by atoms with van der Waals surface area (Å²) >= 11 is 12.9. The van der Waals surface area contributed by atoms with E-state index in [1.54, 1.807) is 29.1 Å². The minimum Gasteiger partial charge on any atom is -0.340 e. The predicted octanol–water partition coefficient (Wildman–Crippen LogP) is 4.76. The van der Waals surface area contributed by atoms with E-state index in [-0.39, 0.29) is 5.39 Å². The number of aryl methyl sites for hydroxylation is 1. The molecule has 4 heterocycles. The minimum atomic E-state index is -0.434. The quantitative estimate of drug-likeness (QED) is 0.336. The molecule has 1 fully saturated rings. The van der Waals surface area contributed by atoms with Gasteiger partial charge in [-0.2, -0.15) is 9.78 Å². The van der Waals surface area contributed by atoms with Crippen molar-refractivity contribution in [3.63, 3.8) is 0 Å². The Morgan fingerprint density at radius 2 is 1.92 bits per heavy atom. The van der Waals surface area contributed by atoms with Gasteiger partial charge in [0.1, 0.15) is 22.6 Å². The topological polar surface area (TPSA) is 103 Å². The number of hydrogen-bond donors (Lipinski definition) is 2. The highest BCUT2D eigenvalue weighted by Gasteiger charge is 2.46. The Hall–Kier alpha value is -3.79. The molecule has 2 aromatic carbocycles. The Bertz CT molecular complexity index is 1790. The molecule has 7 rings (SSSR count). The van der Waals surface area contributed by atoms with Crippen molar-refractivity contribution < 1.29 is 0 Å². The monoisotopic (exact) mass is 544 g/mol. The van der Waals surface area contributed by atoms with Gasteiger partial charge in [0.2, 0.25) is 5.95 Å². The third kappa shape index (κ3) is 3.77. The number of nitrogens with one attached hydrogen (secondary N) is 2. The van der Waals surface area contributed by atoms with Gasteiger partial charge in [0.05, 0.1) is 21.8 Å². The maximum Gasteiger partial charge on any atom is 0.282 e. The molecule has 1 aliphatic carbocycles. The molecular formula is C27H22Cl2N8O.